The number of nitrogens with zero attached hydrogens (tertiary/aromatic N) is 3. The van der Waals surface area contributed by atoms with E-state index in [9.17, 15) is 0 Å². The third kappa shape index (κ3) is 3.63. The fourth-order valence-electron chi connectivity index (χ4n) is 1.52. The molecule has 0 spiro atoms. The lowest BCUT2D eigenvalue weighted by molar-refractivity contribution is 0.218. The third-order valence-electron chi connectivity index (χ3n) is 2.63. The lowest BCUT2D eigenvalue weighted by Gasteiger charge is -2.18. The second kappa shape index (κ2) is 6.85. The van der Waals surface area contributed by atoms with E-state index in [1.54, 1.807) is 0 Å². The second-order valence-corrected chi connectivity index (χ2v) is 3.69. The zero-order valence-electron chi connectivity index (χ0n) is 11.1. The molecule has 0 amide bonds. The molecule has 0 bridgehead atoms. The first kappa shape index (κ1) is 14.3. The maximum Gasteiger partial charge on any atom is 0.246 e. The molecule has 7 nitrogen and oxygen atoms in total. The van der Waals surface area contributed by atoms with Gasteiger partial charge in [0.1, 0.15) is 6.61 Å². The minimum atomic E-state index is 0.0823. The number of methoxy groups -OCH3 is 1. The van der Waals surface area contributed by atoms with Gasteiger partial charge in [0, 0.05) is 6.54 Å². The van der Waals surface area contributed by atoms with Crippen LogP contribution in [-0.4, -0.2) is 48.2 Å². The molecule has 0 saturated carbocycles. The first-order valence-corrected chi connectivity index (χ1v) is 5.94. The highest BCUT2D eigenvalue weighted by atomic mass is 16.5. The molecule has 0 saturated heterocycles. The molecule has 1 aromatic heterocycles. The zero-order valence-corrected chi connectivity index (χ0v) is 11.1. The zero-order chi connectivity index (χ0) is 13.5. The highest BCUT2D eigenvalue weighted by Gasteiger charge is 2.12. The summed E-state index contributed by atoms with van der Waals surface area (Å²) in [6.45, 7) is 7.45. The van der Waals surface area contributed by atoms with Gasteiger partial charge in [-0.15, -0.1) is 0 Å². The molecule has 18 heavy (non-hydrogen) atoms. The molecule has 1 rings (SSSR count). The summed E-state index contributed by atoms with van der Waals surface area (Å²) in [4.78, 5) is 10.0. The normalized spacial score (nSPS) is 10.7. The molecule has 0 aliphatic heterocycles. The van der Waals surface area contributed by atoms with Gasteiger partial charge in [0.05, 0.1) is 7.11 Å². The average Bonchev–Trinajstić information content (AvgIpc) is 2.38. The predicted molar refractivity (Wildman–Crippen MR) is 70.7 cm³/mol. The third-order valence-corrected chi connectivity index (χ3v) is 2.63. The first-order valence-electron chi connectivity index (χ1n) is 5.94. The summed E-state index contributed by atoms with van der Waals surface area (Å²) in [6.07, 6.45) is 0. The van der Waals surface area contributed by atoms with Crippen molar-refractivity contribution in [3.8, 4) is 11.8 Å². The van der Waals surface area contributed by atoms with Crippen LogP contribution in [0.25, 0.3) is 0 Å². The van der Waals surface area contributed by atoms with Gasteiger partial charge in [-0.1, -0.05) is 13.8 Å². The maximum absolute atomic E-state index is 5.80. The van der Waals surface area contributed by atoms with E-state index in [1.807, 2.05) is 0 Å². The Morgan fingerprint density at radius 1 is 1.11 bits per heavy atom. The number of anilines is 2. The van der Waals surface area contributed by atoms with Crippen LogP contribution in [-0.2, 0) is 0 Å². The summed E-state index contributed by atoms with van der Waals surface area (Å²) in [5.41, 5.74) is 11.6. The van der Waals surface area contributed by atoms with Crippen molar-refractivity contribution in [2.24, 2.45) is 0 Å². The molecular weight excluding hydrogens is 234 g/mol. The van der Waals surface area contributed by atoms with Crippen molar-refractivity contribution in [2.75, 3.05) is 44.8 Å². The summed E-state index contributed by atoms with van der Waals surface area (Å²) >= 11 is 0. The monoisotopic (exact) mass is 255 g/mol. The van der Waals surface area contributed by atoms with Crippen LogP contribution in [0.15, 0.2) is 0 Å². The predicted octanol–water partition coefficient (Wildman–Crippen LogP) is 0.370. The second-order valence-electron chi connectivity index (χ2n) is 3.69. The van der Waals surface area contributed by atoms with Gasteiger partial charge in [-0.05, 0) is 13.1 Å². The van der Waals surface area contributed by atoms with Crippen LogP contribution in [0.3, 0.4) is 0 Å². The van der Waals surface area contributed by atoms with Crippen LogP contribution in [0.4, 0.5) is 11.6 Å². The topological polar surface area (TPSA) is 99.5 Å². The number of hydrogen-bond donors (Lipinski definition) is 2. The number of aromatic nitrogens is 2. The Morgan fingerprint density at radius 2 is 1.72 bits per heavy atom. The van der Waals surface area contributed by atoms with E-state index >= 15 is 0 Å². The van der Waals surface area contributed by atoms with Crippen LogP contribution >= 0.6 is 0 Å². The van der Waals surface area contributed by atoms with Crippen LogP contribution in [0.5, 0.6) is 11.8 Å². The van der Waals surface area contributed by atoms with E-state index in [-0.39, 0.29) is 23.4 Å². The Labute approximate surface area is 107 Å². The molecule has 0 aliphatic carbocycles. The Morgan fingerprint density at radius 3 is 2.28 bits per heavy atom. The van der Waals surface area contributed by atoms with Gasteiger partial charge in [-0.25, -0.2) is 0 Å². The van der Waals surface area contributed by atoms with Gasteiger partial charge >= 0.3 is 0 Å². The largest absolute Gasteiger partial charge is 0.479 e. The maximum atomic E-state index is 5.80. The van der Waals surface area contributed by atoms with E-state index < -0.39 is 0 Å². The van der Waals surface area contributed by atoms with E-state index in [0.717, 1.165) is 19.6 Å². The number of likely N-dealkylation sites (N-methyl/N-ethyl adjacent to an activating group) is 1. The van der Waals surface area contributed by atoms with Crippen molar-refractivity contribution in [1.82, 2.24) is 14.9 Å². The molecule has 0 atom stereocenters. The van der Waals surface area contributed by atoms with E-state index in [1.165, 1.54) is 7.11 Å². The summed E-state index contributed by atoms with van der Waals surface area (Å²) in [7, 11) is 1.47. The van der Waals surface area contributed by atoms with Crippen molar-refractivity contribution in [3.63, 3.8) is 0 Å². The number of hydrogen-bond acceptors (Lipinski definition) is 7. The Kier molecular flexibility index (Phi) is 5.44. The van der Waals surface area contributed by atoms with Gasteiger partial charge in [0.15, 0.2) is 5.69 Å². The highest BCUT2D eigenvalue weighted by molar-refractivity contribution is 5.58. The fourth-order valence-corrected chi connectivity index (χ4v) is 1.52. The molecular formula is C11H21N5O2. The summed E-state index contributed by atoms with van der Waals surface area (Å²) < 4.78 is 10.5. The SMILES string of the molecule is CCN(CC)CCOc1nc(N)nc(OC)c1N. The minimum absolute atomic E-state index is 0.0823. The molecule has 102 valence electrons. The lowest BCUT2D eigenvalue weighted by atomic mass is 10.4. The number of nitrogen functional groups attached to an aromatic ring is 2. The molecule has 0 aliphatic rings. The summed E-state index contributed by atoms with van der Waals surface area (Å²) in [5.74, 6) is 0.589. The smallest absolute Gasteiger partial charge is 0.246 e. The van der Waals surface area contributed by atoms with Crippen LogP contribution in [0.1, 0.15) is 13.8 Å². The summed E-state index contributed by atoms with van der Waals surface area (Å²) in [5, 5.41) is 0. The number of nitrogens with two attached hydrogens (primary N) is 2. The van der Waals surface area contributed by atoms with Gasteiger partial charge in [-0.2, -0.15) is 9.97 Å². The van der Waals surface area contributed by atoms with Crippen molar-refractivity contribution in [2.45, 2.75) is 13.8 Å². The molecule has 7 heteroatoms. The fraction of sp³-hybridized carbons (Fsp3) is 0.636. The molecule has 1 aromatic rings. The van der Waals surface area contributed by atoms with E-state index in [4.69, 9.17) is 20.9 Å². The van der Waals surface area contributed by atoms with Gasteiger partial charge in [0.25, 0.3) is 0 Å². The Bertz CT molecular complexity index is 382. The van der Waals surface area contributed by atoms with Gasteiger partial charge in [-0.3, -0.25) is 0 Å². The minimum Gasteiger partial charge on any atom is -0.479 e. The molecule has 4 N–H and O–H groups in total. The van der Waals surface area contributed by atoms with Crippen LogP contribution in [0.2, 0.25) is 0 Å². The molecule has 0 unspecified atom stereocenters. The standard InChI is InChI=1S/C11H21N5O2/c1-4-16(5-2)6-7-18-10-8(12)9(17-3)14-11(13)15-10/h4-7,12H2,1-3H3,(H2,13,14,15). The van der Waals surface area contributed by atoms with Crippen molar-refractivity contribution < 1.29 is 9.47 Å². The molecule has 0 radical (unpaired) electrons. The highest BCUT2D eigenvalue weighted by Crippen LogP contribution is 2.28. The van der Waals surface area contributed by atoms with Crippen molar-refractivity contribution >= 4 is 11.6 Å². The van der Waals surface area contributed by atoms with E-state index in [2.05, 4.69) is 28.7 Å². The van der Waals surface area contributed by atoms with Crippen molar-refractivity contribution in [3.05, 3.63) is 0 Å². The quantitative estimate of drug-likeness (QED) is 0.726. The van der Waals surface area contributed by atoms with Crippen molar-refractivity contribution in [1.29, 1.82) is 0 Å². The van der Waals surface area contributed by atoms with Crippen LogP contribution < -0.4 is 20.9 Å². The number of ether oxygens (including phenoxy) is 2. The summed E-state index contributed by atoms with van der Waals surface area (Å²) in [6, 6.07) is 0. The molecule has 1 heterocycles. The Balaban J connectivity index is 2.64. The van der Waals surface area contributed by atoms with Gasteiger partial charge in [0.2, 0.25) is 17.7 Å². The van der Waals surface area contributed by atoms with Crippen LogP contribution in [0, 0.1) is 0 Å². The first-order chi connectivity index (χ1) is 8.62. The molecule has 0 fully saturated rings. The number of rotatable bonds is 7. The van der Waals surface area contributed by atoms with E-state index in [0.29, 0.717) is 6.61 Å². The lowest BCUT2D eigenvalue weighted by Crippen LogP contribution is -2.28. The molecule has 0 aromatic carbocycles. The average molecular weight is 255 g/mol. The Hall–Kier alpha value is -1.76. The van der Waals surface area contributed by atoms with Gasteiger partial charge < -0.3 is 25.8 Å².